The van der Waals surface area contributed by atoms with Crippen LogP contribution < -0.4 is 5.32 Å². The lowest BCUT2D eigenvalue weighted by molar-refractivity contribution is -0.598. The lowest BCUT2D eigenvalue weighted by atomic mass is 9.57. The van der Waals surface area contributed by atoms with E-state index < -0.39 is 64.9 Å². The summed E-state index contributed by atoms with van der Waals surface area (Å²) in [4.78, 5) is 24.0. The normalized spacial score (nSPS) is 55.6. The van der Waals surface area contributed by atoms with Crippen molar-refractivity contribution in [2.75, 3.05) is 26.3 Å². The predicted molar refractivity (Wildman–Crippen MR) is 168 cm³/mol. The number of rotatable bonds is 8. The highest BCUT2D eigenvalue weighted by molar-refractivity contribution is 5.13. The zero-order valence-electron chi connectivity index (χ0n) is 30.5. The predicted octanol–water partition coefficient (Wildman–Crippen LogP) is 6.35. The van der Waals surface area contributed by atoms with E-state index in [0.29, 0.717) is 25.3 Å². The number of alkyl halides is 3. The number of nitrogens with one attached hydrogen (secondary N) is 1. The second kappa shape index (κ2) is 12.2. The van der Waals surface area contributed by atoms with Gasteiger partial charge in [0.1, 0.15) is 0 Å². The summed E-state index contributed by atoms with van der Waals surface area (Å²) in [5.74, 6) is -6.48. The summed E-state index contributed by atoms with van der Waals surface area (Å²) >= 11 is 0. The van der Waals surface area contributed by atoms with Crippen molar-refractivity contribution >= 4 is 0 Å². The van der Waals surface area contributed by atoms with Gasteiger partial charge < -0.3 is 33.7 Å². The lowest BCUT2D eigenvalue weighted by Gasteiger charge is -2.62. The molecule has 2 aliphatic carbocycles. The minimum absolute atomic E-state index is 0.0212. The van der Waals surface area contributed by atoms with Crippen molar-refractivity contribution in [3.8, 4) is 0 Å². The highest BCUT2D eigenvalue weighted by Crippen LogP contribution is 2.65. The van der Waals surface area contributed by atoms with Gasteiger partial charge in [0.2, 0.25) is 11.6 Å². The Kier molecular flexibility index (Phi) is 8.85. The molecule has 11 nitrogen and oxygen atoms in total. The molecule has 0 radical (unpaired) electrons. The topological polar surface area (TPSA) is 104 Å². The molecule has 50 heavy (non-hydrogen) atoms. The Balaban J connectivity index is 0.901. The molecule has 16 atom stereocenters. The number of fused-ring (bicyclic) bond motifs is 4. The van der Waals surface area contributed by atoms with Crippen LogP contribution in [-0.4, -0.2) is 79.4 Å². The molecule has 1 N–H and O–H groups in total. The third kappa shape index (κ3) is 5.16. The van der Waals surface area contributed by atoms with Gasteiger partial charge >= 0.3 is 6.18 Å². The quantitative estimate of drug-likeness (QED) is 0.224. The van der Waals surface area contributed by atoms with E-state index in [1.54, 1.807) is 13.8 Å². The smallest absolute Gasteiger partial charge is 0.348 e. The van der Waals surface area contributed by atoms with E-state index in [0.717, 1.165) is 38.5 Å². The van der Waals surface area contributed by atoms with Crippen molar-refractivity contribution in [3.63, 3.8) is 0 Å². The second-order valence-corrected chi connectivity index (χ2v) is 17.3. The van der Waals surface area contributed by atoms with Gasteiger partial charge in [0.25, 0.3) is 5.79 Å². The van der Waals surface area contributed by atoms with Crippen molar-refractivity contribution in [3.05, 3.63) is 0 Å². The van der Waals surface area contributed by atoms with E-state index in [2.05, 4.69) is 26.1 Å². The lowest BCUT2D eigenvalue weighted by Crippen LogP contribution is -2.76. The Morgan fingerprint density at radius 3 is 1.64 bits per heavy atom. The molecule has 10 fully saturated rings. The number of hydrogen-bond acceptors (Lipinski definition) is 11. The fourth-order valence-corrected chi connectivity index (χ4v) is 11.5. The van der Waals surface area contributed by atoms with E-state index in [-0.39, 0.29) is 49.3 Å². The molecular formula is C36H56F3NO10. The van der Waals surface area contributed by atoms with Gasteiger partial charge in [0.05, 0.1) is 13.2 Å². The van der Waals surface area contributed by atoms with Crippen molar-refractivity contribution < 1.29 is 61.1 Å². The van der Waals surface area contributed by atoms with Crippen LogP contribution in [0.4, 0.5) is 13.2 Å². The SMILES string of the molecule is C[C@@H]1CC[C@H]2[C@@H](C)[C@@](C)(OCCNCCO[C@@]3(C(F)(F)F)O[C@@H]4O[C@]5(C)CC[C@H]6[C@H](C)CC[C@@H]([C@H]3C)[C@@]46OO5)O[C@@H]3O[C@]4(C)CC[C@@H]1[C@]32OO4. The Bertz CT molecular complexity index is 1300. The number of ether oxygens (including phenoxy) is 6. The summed E-state index contributed by atoms with van der Waals surface area (Å²) in [7, 11) is 0. The Labute approximate surface area is 293 Å². The molecule has 10 aliphatic rings. The molecule has 10 rings (SSSR count). The Hall–Kier alpha value is -0.650. The fourth-order valence-electron chi connectivity index (χ4n) is 11.5. The average Bonchev–Trinajstić information content (AvgIpc) is 3.42. The summed E-state index contributed by atoms with van der Waals surface area (Å²) in [6.07, 6.45) is -0.446. The molecule has 0 unspecified atom stereocenters. The summed E-state index contributed by atoms with van der Waals surface area (Å²) < 4.78 is 82.9. The molecule has 0 amide bonds. The van der Waals surface area contributed by atoms with Gasteiger partial charge in [-0.25, -0.2) is 19.6 Å². The molecule has 14 heteroatoms. The van der Waals surface area contributed by atoms with Crippen molar-refractivity contribution in [1.82, 2.24) is 5.32 Å². The van der Waals surface area contributed by atoms with Gasteiger partial charge in [-0.15, -0.1) is 0 Å². The molecule has 0 aromatic carbocycles. The molecule has 0 aromatic heterocycles. The fraction of sp³-hybridized carbons (Fsp3) is 1.00. The molecule has 2 saturated carbocycles. The van der Waals surface area contributed by atoms with Crippen LogP contribution in [0, 0.1) is 47.3 Å². The molecule has 2 spiro atoms. The van der Waals surface area contributed by atoms with Crippen molar-refractivity contribution in [1.29, 1.82) is 0 Å². The summed E-state index contributed by atoms with van der Waals surface area (Å²) in [6.45, 7) is 14.2. The minimum Gasteiger partial charge on any atom is -0.348 e. The number of halogens is 3. The molecule has 4 bridgehead atoms. The summed E-state index contributed by atoms with van der Waals surface area (Å²) in [5.41, 5.74) is -1.81. The van der Waals surface area contributed by atoms with Gasteiger partial charge in [-0.2, -0.15) is 13.2 Å². The van der Waals surface area contributed by atoms with Gasteiger partial charge in [0, 0.05) is 49.6 Å². The number of hydrogen-bond donors (Lipinski definition) is 1. The zero-order chi connectivity index (χ0) is 35.5. The van der Waals surface area contributed by atoms with Gasteiger partial charge in [0.15, 0.2) is 29.6 Å². The maximum Gasteiger partial charge on any atom is 0.443 e. The Morgan fingerprint density at radius 2 is 1.10 bits per heavy atom. The highest BCUT2D eigenvalue weighted by Gasteiger charge is 2.77. The van der Waals surface area contributed by atoms with Crippen LogP contribution in [0.15, 0.2) is 0 Å². The molecule has 8 saturated heterocycles. The maximum atomic E-state index is 15.1. The third-order valence-corrected chi connectivity index (χ3v) is 14.5. The molecule has 0 aromatic rings. The standard InChI is InChI=1S/C36H56F3NO10/c1-20-8-10-26-22(3)32(7,45-28-33(26)24(20)12-14-30(5,43-28)47-49-33)41-18-16-40-17-19-42-35(36(37,38)39)23(4)27-11-9-21(2)25-13-15-31(6)44-29(46-35)34(25,27)50-48-31/h20-29,40H,8-19H2,1-7H3/t20-,21-,22-,23-,24+,25+,26+,27+,28+,29+,30+,31+,32+,33-,34-,35-/m1/s1. The monoisotopic (exact) mass is 719 g/mol. The van der Waals surface area contributed by atoms with Crippen LogP contribution in [0.1, 0.15) is 99.8 Å². The van der Waals surface area contributed by atoms with E-state index in [1.165, 1.54) is 0 Å². The van der Waals surface area contributed by atoms with E-state index in [4.69, 9.17) is 48.0 Å². The van der Waals surface area contributed by atoms with Crippen LogP contribution in [-0.2, 0) is 48.0 Å². The van der Waals surface area contributed by atoms with E-state index in [1.807, 2.05) is 13.8 Å². The molecule has 286 valence electrons. The molecule has 8 aliphatic heterocycles. The van der Waals surface area contributed by atoms with Crippen LogP contribution in [0.25, 0.3) is 0 Å². The van der Waals surface area contributed by atoms with Crippen LogP contribution >= 0.6 is 0 Å². The van der Waals surface area contributed by atoms with Crippen molar-refractivity contribution in [2.45, 2.75) is 153 Å². The van der Waals surface area contributed by atoms with Gasteiger partial charge in [-0.05, 0) is 83.0 Å². The first kappa shape index (κ1) is 36.3. The molecule has 8 heterocycles. The van der Waals surface area contributed by atoms with Crippen LogP contribution in [0.5, 0.6) is 0 Å². The van der Waals surface area contributed by atoms with Gasteiger partial charge in [-0.1, -0.05) is 27.7 Å². The first-order chi connectivity index (χ1) is 23.5. The first-order valence-electron chi connectivity index (χ1n) is 19.0. The summed E-state index contributed by atoms with van der Waals surface area (Å²) in [6, 6.07) is 0. The molecular weight excluding hydrogens is 663 g/mol. The second-order valence-electron chi connectivity index (χ2n) is 17.3. The minimum atomic E-state index is -4.81. The van der Waals surface area contributed by atoms with E-state index >= 15 is 13.2 Å². The highest BCUT2D eigenvalue weighted by atomic mass is 19.4. The largest absolute Gasteiger partial charge is 0.443 e. The van der Waals surface area contributed by atoms with Crippen molar-refractivity contribution in [2.24, 2.45) is 47.3 Å². The van der Waals surface area contributed by atoms with Crippen LogP contribution in [0.3, 0.4) is 0 Å². The van der Waals surface area contributed by atoms with Crippen LogP contribution in [0.2, 0.25) is 0 Å². The maximum absolute atomic E-state index is 15.1. The Morgan fingerprint density at radius 1 is 0.600 bits per heavy atom. The zero-order valence-corrected chi connectivity index (χ0v) is 30.5. The average molecular weight is 720 g/mol. The first-order valence-corrected chi connectivity index (χ1v) is 19.0. The third-order valence-electron chi connectivity index (χ3n) is 14.5. The summed E-state index contributed by atoms with van der Waals surface area (Å²) in [5, 5.41) is 3.19. The van der Waals surface area contributed by atoms with E-state index in [9.17, 15) is 0 Å². The van der Waals surface area contributed by atoms with Gasteiger partial charge in [-0.3, -0.25) is 0 Å².